The van der Waals surface area contributed by atoms with Crippen molar-refractivity contribution in [3.05, 3.63) is 108 Å². The Balaban J connectivity index is 2.43. The van der Waals surface area contributed by atoms with Crippen molar-refractivity contribution in [2.24, 2.45) is 0 Å². The highest BCUT2D eigenvalue weighted by atomic mass is 32.1. The molecule has 0 aromatic heterocycles. The van der Waals surface area contributed by atoms with Crippen LogP contribution in [-0.2, 0) is 15.1 Å². The van der Waals surface area contributed by atoms with E-state index in [0.717, 1.165) is 0 Å². The first-order valence-electron chi connectivity index (χ1n) is 11.0. The summed E-state index contributed by atoms with van der Waals surface area (Å²) in [6.07, 6.45) is 0. The standard InChI is InChI=1S/C28H35NSSi/c1-26(2,23-16-10-7-11-17-23)31(29-22-30,27(3,4)24-18-12-8-13-19-24)28(5,6)25-20-14-9-15-21-25/h7-22H,1-6H3,(H,29,30). The van der Waals surface area contributed by atoms with Crippen molar-refractivity contribution >= 4 is 25.9 Å². The predicted octanol–water partition coefficient (Wildman–Crippen LogP) is 7.03. The van der Waals surface area contributed by atoms with Gasteiger partial charge in [-0.25, -0.2) is 0 Å². The first-order valence-corrected chi connectivity index (χ1v) is 13.5. The third kappa shape index (κ3) is 3.68. The summed E-state index contributed by atoms with van der Waals surface area (Å²) in [5.41, 5.74) is 5.82. The van der Waals surface area contributed by atoms with Crippen LogP contribution in [0.25, 0.3) is 0 Å². The summed E-state index contributed by atoms with van der Waals surface area (Å²) in [6.45, 7) is 14.5. The first kappa shape index (κ1) is 23.4. The fraction of sp³-hybridized carbons (Fsp3) is 0.321. The van der Waals surface area contributed by atoms with E-state index in [9.17, 15) is 0 Å². The van der Waals surface area contributed by atoms with E-state index < -0.39 is 8.24 Å². The fourth-order valence-electron chi connectivity index (χ4n) is 6.19. The van der Waals surface area contributed by atoms with E-state index in [-0.39, 0.29) is 15.1 Å². The van der Waals surface area contributed by atoms with Gasteiger partial charge in [0.25, 0.3) is 0 Å². The molecule has 0 bridgehead atoms. The van der Waals surface area contributed by atoms with E-state index in [0.29, 0.717) is 0 Å². The Bertz CT molecular complexity index is 870. The molecule has 0 spiro atoms. The summed E-state index contributed by atoms with van der Waals surface area (Å²) >= 11 is 5.56. The van der Waals surface area contributed by atoms with Crippen LogP contribution in [0.1, 0.15) is 58.2 Å². The lowest BCUT2D eigenvalue weighted by molar-refractivity contribution is 0.511. The lowest BCUT2D eigenvalue weighted by atomic mass is 9.99. The molecule has 0 aliphatic carbocycles. The van der Waals surface area contributed by atoms with E-state index in [2.05, 4.69) is 138 Å². The number of hydrogen-bond acceptors (Lipinski definition) is 1. The Kier molecular flexibility index (Phi) is 6.59. The van der Waals surface area contributed by atoms with Gasteiger partial charge in [0, 0.05) is 15.1 Å². The zero-order chi connectivity index (χ0) is 22.8. The highest BCUT2D eigenvalue weighted by Gasteiger charge is 2.66. The maximum absolute atomic E-state index is 5.56. The Labute approximate surface area is 195 Å². The lowest BCUT2D eigenvalue weighted by Gasteiger charge is -2.62. The summed E-state index contributed by atoms with van der Waals surface area (Å²) in [7, 11) is -2.61. The topological polar surface area (TPSA) is 12.0 Å². The Morgan fingerprint density at radius 2 is 0.806 bits per heavy atom. The highest BCUT2D eigenvalue weighted by Crippen LogP contribution is 2.53. The average molecular weight is 446 g/mol. The van der Waals surface area contributed by atoms with Crippen molar-refractivity contribution in [3.8, 4) is 0 Å². The number of thiocarbonyl (C=S) groups is 1. The van der Waals surface area contributed by atoms with Gasteiger partial charge in [-0.1, -0.05) is 145 Å². The summed E-state index contributed by atoms with van der Waals surface area (Å²) in [6, 6.07) is 32.8. The molecule has 3 rings (SSSR count). The lowest BCUT2D eigenvalue weighted by Crippen LogP contribution is -2.81. The van der Waals surface area contributed by atoms with Crippen LogP contribution in [0, 0.1) is 0 Å². The van der Waals surface area contributed by atoms with Crippen LogP contribution in [0.3, 0.4) is 0 Å². The highest BCUT2D eigenvalue weighted by molar-refractivity contribution is 7.79. The van der Waals surface area contributed by atoms with Crippen LogP contribution in [0.5, 0.6) is 0 Å². The maximum Gasteiger partial charge on any atom is 0.184 e. The first-order chi connectivity index (χ1) is 14.6. The van der Waals surface area contributed by atoms with Gasteiger partial charge in [-0.2, -0.15) is 0 Å². The van der Waals surface area contributed by atoms with Gasteiger partial charge in [0.2, 0.25) is 0 Å². The molecule has 0 atom stereocenters. The molecule has 0 radical (unpaired) electrons. The van der Waals surface area contributed by atoms with Crippen LogP contribution < -0.4 is 4.98 Å². The van der Waals surface area contributed by atoms with Crippen molar-refractivity contribution in [3.63, 3.8) is 0 Å². The second-order valence-corrected chi connectivity index (χ2v) is 15.8. The van der Waals surface area contributed by atoms with Gasteiger partial charge in [-0.05, 0) is 16.7 Å². The van der Waals surface area contributed by atoms with E-state index in [1.165, 1.54) is 16.7 Å². The summed E-state index contributed by atoms with van der Waals surface area (Å²) in [4.78, 5) is 3.94. The number of rotatable bonds is 8. The van der Waals surface area contributed by atoms with Crippen molar-refractivity contribution < 1.29 is 0 Å². The van der Waals surface area contributed by atoms with Gasteiger partial charge in [0.1, 0.15) is 0 Å². The number of hydrogen-bond donors (Lipinski definition) is 1. The van der Waals surface area contributed by atoms with E-state index in [4.69, 9.17) is 12.2 Å². The zero-order valence-electron chi connectivity index (χ0n) is 19.6. The molecule has 0 saturated carbocycles. The molecule has 3 aromatic carbocycles. The largest absolute Gasteiger partial charge is 0.405 e. The molecule has 3 aromatic rings. The SMILES string of the molecule is CC(C)(c1ccccc1)[Si](NC=S)(C(C)(C)c1ccccc1)C(C)(C)c1ccccc1. The van der Waals surface area contributed by atoms with E-state index >= 15 is 0 Å². The van der Waals surface area contributed by atoms with Gasteiger partial charge < -0.3 is 4.98 Å². The Hall–Kier alpha value is -2.23. The smallest absolute Gasteiger partial charge is 0.184 e. The minimum Gasteiger partial charge on any atom is -0.405 e. The van der Waals surface area contributed by atoms with Gasteiger partial charge in [0.15, 0.2) is 8.24 Å². The Morgan fingerprint density at radius 3 is 1.03 bits per heavy atom. The molecule has 0 fully saturated rings. The van der Waals surface area contributed by atoms with Crippen LogP contribution in [0.15, 0.2) is 91.0 Å². The van der Waals surface area contributed by atoms with E-state index in [1.54, 1.807) is 5.49 Å². The van der Waals surface area contributed by atoms with Gasteiger partial charge in [0.05, 0.1) is 5.49 Å². The van der Waals surface area contributed by atoms with Crippen LogP contribution in [-0.4, -0.2) is 13.7 Å². The molecule has 1 nitrogen and oxygen atoms in total. The van der Waals surface area contributed by atoms with Crippen LogP contribution in [0.2, 0.25) is 0 Å². The summed E-state index contributed by atoms with van der Waals surface area (Å²) in [5, 5.41) is -0.410. The summed E-state index contributed by atoms with van der Waals surface area (Å²) in [5.74, 6) is 0. The molecular weight excluding hydrogens is 410 g/mol. The van der Waals surface area contributed by atoms with Crippen molar-refractivity contribution in [1.29, 1.82) is 0 Å². The molecular formula is C28H35NSSi. The fourth-order valence-corrected chi connectivity index (χ4v) is 14.5. The summed E-state index contributed by atoms with van der Waals surface area (Å²) < 4.78 is 0. The monoisotopic (exact) mass is 445 g/mol. The number of nitrogens with one attached hydrogen (secondary N) is 1. The zero-order valence-corrected chi connectivity index (χ0v) is 21.5. The molecule has 0 aliphatic rings. The second kappa shape index (κ2) is 8.72. The van der Waals surface area contributed by atoms with Gasteiger partial charge >= 0.3 is 0 Å². The predicted molar refractivity (Wildman–Crippen MR) is 141 cm³/mol. The van der Waals surface area contributed by atoms with Crippen molar-refractivity contribution in [2.45, 2.75) is 56.7 Å². The molecule has 162 valence electrons. The third-order valence-electron chi connectivity index (χ3n) is 7.57. The van der Waals surface area contributed by atoms with Crippen molar-refractivity contribution in [2.75, 3.05) is 0 Å². The van der Waals surface area contributed by atoms with Crippen molar-refractivity contribution in [1.82, 2.24) is 4.98 Å². The molecule has 31 heavy (non-hydrogen) atoms. The molecule has 0 amide bonds. The number of benzene rings is 3. The molecule has 0 unspecified atom stereocenters. The molecule has 3 heteroatoms. The Morgan fingerprint density at radius 1 is 0.548 bits per heavy atom. The van der Waals surface area contributed by atoms with Crippen LogP contribution in [0.4, 0.5) is 0 Å². The normalized spacial score (nSPS) is 13.0. The minimum atomic E-state index is -2.61. The quantitative estimate of drug-likeness (QED) is 0.295. The molecule has 0 heterocycles. The molecule has 1 N–H and O–H groups in total. The molecule has 0 aliphatic heterocycles. The van der Waals surface area contributed by atoms with E-state index in [1.807, 2.05) is 0 Å². The van der Waals surface area contributed by atoms with Gasteiger partial charge in [-0.3, -0.25) is 0 Å². The minimum absolute atomic E-state index is 0.137. The molecule has 0 saturated heterocycles. The van der Waals surface area contributed by atoms with Gasteiger partial charge in [-0.15, -0.1) is 0 Å². The third-order valence-corrected chi connectivity index (χ3v) is 15.0. The van der Waals surface area contributed by atoms with Crippen LogP contribution >= 0.6 is 12.2 Å². The maximum atomic E-state index is 5.56. The second-order valence-electron chi connectivity index (χ2n) is 9.99. The average Bonchev–Trinajstić information content (AvgIpc) is 2.78.